The van der Waals surface area contributed by atoms with Crippen LogP contribution in [0.15, 0.2) is 39.3 Å². The van der Waals surface area contributed by atoms with Crippen molar-refractivity contribution in [2.75, 3.05) is 7.05 Å². The van der Waals surface area contributed by atoms with Gasteiger partial charge in [0.15, 0.2) is 0 Å². The van der Waals surface area contributed by atoms with Crippen molar-refractivity contribution in [3.63, 3.8) is 0 Å². The van der Waals surface area contributed by atoms with Gasteiger partial charge in [-0.05, 0) is 36.6 Å². The van der Waals surface area contributed by atoms with Gasteiger partial charge in [0.25, 0.3) is 11.6 Å². The second kappa shape index (κ2) is 6.96. The summed E-state index contributed by atoms with van der Waals surface area (Å²) in [4.78, 5) is 19.3. The van der Waals surface area contributed by atoms with Crippen LogP contribution in [-0.2, 0) is 6.54 Å². The van der Waals surface area contributed by atoms with Crippen molar-refractivity contribution in [1.82, 2.24) is 15.0 Å². The first kappa shape index (κ1) is 17.6. The second-order valence-corrected chi connectivity index (χ2v) is 7.40. The summed E-state index contributed by atoms with van der Waals surface area (Å²) in [5.41, 5.74) is 3.58. The average molecular weight is 402 g/mol. The molecule has 0 bridgehead atoms. The fourth-order valence-electron chi connectivity index (χ4n) is 2.72. The number of aryl methyl sites for hydroxylation is 1. The topological polar surface area (TPSA) is 59.2 Å². The Kier molecular flexibility index (Phi) is 4.90. The van der Waals surface area contributed by atoms with Gasteiger partial charge >= 0.3 is 0 Å². The van der Waals surface area contributed by atoms with Gasteiger partial charge in [-0.3, -0.25) is 4.79 Å². The second-order valence-electron chi connectivity index (χ2n) is 6.49. The van der Waals surface area contributed by atoms with Gasteiger partial charge in [0.2, 0.25) is 0 Å². The molecule has 3 aromatic rings. The fraction of sp³-hybridized carbons (Fsp3) is 0.316. The summed E-state index contributed by atoms with van der Waals surface area (Å²) in [7, 11) is 1.80. The lowest BCUT2D eigenvalue weighted by Crippen LogP contribution is -2.26. The molecule has 0 saturated carbocycles. The zero-order chi connectivity index (χ0) is 18.1. The number of carbonyl (C=O) groups is 1. The number of nitrogens with zero attached hydrogens (tertiary/aromatic N) is 3. The van der Waals surface area contributed by atoms with Crippen LogP contribution in [0.25, 0.3) is 11.1 Å². The highest BCUT2D eigenvalue weighted by Gasteiger charge is 2.22. The van der Waals surface area contributed by atoms with Gasteiger partial charge in [0, 0.05) is 23.8 Å². The summed E-state index contributed by atoms with van der Waals surface area (Å²) < 4.78 is 6.32. The lowest BCUT2D eigenvalue weighted by Gasteiger charge is -2.18. The van der Waals surface area contributed by atoms with E-state index in [9.17, 15) is 4.79 Å². The Bertz CT molecular complexity index is 916. The molecule has 6 heteroatoms. The summed E-state index contributed by atoms with van der Waals surface area (Å²) >= 11 is 3.42. The van der Waals surface area contributed by atoms with E-state index in [-0.39, 0.29) is 11.8 Å². The van der Waals surface area contributed by atoms with Crippen molar-refractivity contribution in [3.8, 4) is 0 Å². The number of carbonyl (C=O) groups excluding carboxylic acids is 1. The third-order valence-electron chi connectivity index (χ3n) is 4.14. The van der Waals surface area contributed by atoms with Crippen LogP contribution in [0.3, 0.4) is 0 Å². The predicted molar refractivity (Wildman–Crippen MR) is 101 cm³/mol. The van der Waals surface area contributed by atoms with Crippen LogP contribution in [0.2, 0.25) is 0 Å². The maximum atomic E-state index is 13.1. The van der Waals surface area contributed by atoms with E-state index < -0.39 is 0 Å². The molecule has 0 aliphatic heterocycles. The number of amides is 1. The van der Waals surface area contributed by atoms with E-state index in [4.69, 9.17) is 4.52 Å². The van der Waals surface area contributed by atoms with E-state index in [2.05, 4.69) is 26.1 Å². The molecule has 1 aromatic carbocycles. The van der Waals surface area contributed by atoms with Gasteiger partial charge in [-0.1, -0.05) is 47.1 Å². The number of aromatic nitrogens is 2. The molecule has 0 spiro atoms. The van der Waals surface area contributed by atoms with Crippen LogP contribution in [0.1, 0.15) is 47.1 Å². The molecular weight excluding hydrogens is 382 g/mol. The minimum atomic E-state index is -0.0662. The van der Waals surface area contributed by atoms with E-state index in [1.807, 2.05) is 51.1 Å². The summed E-state index contributed by atoms with van der Waals surface area (Å²) in [6.07, 6.45) is 0. The number of hydrogen-bond acceptors (Lipinski definition) is 4. The summed E-state index contributed by atoms with van der Waals surface area (Å²) in [5.74, 6) is 0.127. The van der Waals surface area contributed by atoms with Gasteiger partial charge in [0.05, 0.1) is 16.6 Å². The Hall–Kier alpha value is -2.21. The van der Waals surface area contributed by atoms with Gasteiger partial charge in [-0.25, -0.2) is 4.98 Å². The van der Waals surface area contributed by atoms with E-state index in [1.54, 1.807) is 11.9 Å². The molecule has 0 radical (unpaired) electrons. The molecule has 0 atom stereocenters. The van der Waals surface area contributed by atoms with Gasteiger partial charge in [-0.2, -0.15) is 0 Å². The first-order chi connectivity index (χ1) is 11.9. The third-order valence-corrected chi connectivity index (χ3v) is 4.67. The Morgan fingerprint density at radius 3 is 2.60 bits per heavy atom. The van der Waals surface area contributed by atoms with Crippen molar-refractivity contribution < 1.29 is 9.32 Å². The third kappa shape index (κ3) is 3.58. The Balaban J connectivity index is 1.97. The summed E-state index contributed by atoms with van der Waals surface area (Å²) in [6, 6.07) is 9.80. The number of fused-ring (bicyclic) bond motifs is 1. The van der Waals surface area contributed by atoms with Crippen molar-refractivity contribution in [3.05, 3.63) is 57.3 Å². The monoisotopic (exact) mass is 401 g/mol. The van der Waals surface area contributed by atoms with E-state index in [0.717, 1.165) is 15.7 Å². The van der Waals surface area contributed by atoms with Crippen molar-refractivity contribution in [1.29, 1.82) is 0 Å². The molecule has 1 amide bonds. The first-order valence-electron chi connectivity index (χ1n) is 8.13. The zero-order valence-corrected chi connectivity index (χ0v) is 16.3. The molecule has 0 aliphatic rings. The minimum Gasteiger partial charge on any atom is -0.337 e. The fourth-order valence-corrected chi connectivity index (χ4v) is 2.98. The minimum absolute atomic E-state index is 0.0662. The van der Waals surface area contributed by atoms with Crippen LogP contribution in [-0.4, -0.2) is 28.0 Å². The molecule has 0 saturated heterocycles. The number of halogens is 1. The van der Waals surface area contributed by atoms with Crippen LogP contribution in [0.4, 0.5) is 0 Å². The molecule has 0 N–H and O–H groups in total. The number of hydrogen-bond donors (Lipinski definition) is 0. The number of pyridine rings is 1. The van der Waals surface area contributed by atoms with Crippen LogP contribution < -0.4 is 0 Å². The number of benzene rings is 1. The van der Waals surface area contributed by atoms with Crippen LogP contribution in [0, 0.1) is 6.92 Å². The molecule has 0 fully saturated rings. The molecular formula is C19H20BrN3O2. The molecule has 5 nitrogen and oxygen atoms in total. The van der Waals surface area contributed by atoms with Crippen molar-refractivity contribution in [2.45, 2.75) is 33.2 Å². The molecule has 2 heterocycles. The maximum Gasteiger partial charge on any atom is 0.259 e. The van der Waals surface area contributed by atoms with Gasteiger partial charge < -0.3 is 9.42 Å². The smallest absolute Gasteiger partial charge is 0.259 e. The molecule has 0 unspecified atom stereocenters. The number of rotatable bonds is 4. The highest BCUT2D eigenvalue weighted by Crippen LogP contribution is 2.26. The SMILES string of the molecule is Cc1noc2nc(C(C)C)cc(C(=O)N(C)Cc3ccc(Br)cc3)c12. The highest BCUT2D eigenvalue weighted by atomic mass is 79.9. The molecule has 2 aromatic heterocycles. The Morgan fingerprint density at radius 1 is 1.28 bits per heavy atom. The van der Waals surface area contributed by atoms with Gasteiger partial charge in [0.1, 0.15) is 0 Å². The molecule has 0 aliphatic carbocycles. The Morgan fingerprint density at radius 2 is 1.96 bits per heavy atom. The standard InChI is InChI=1S/C19H20BrN3O2/c1-11(2)16-9-15(17-12(3)22-25-18(17)21-16)19(24)23(4)10-13-5-7-14(20)8-6-13/h5-9,11H,10H2,1-4H3. The quantitative estimate of drug-likeness (QED) is 0.635. The highest BCUT2D eigenvalue weighted by molar-refractivity contribution is 9.10. The summed E-state index contributed by atoms with van der Waals surface area (Å²) in [6.45, 7) is 6.43. The van der Waals surface area contributed by atoms with E-state index >= 15 is 0 Å². The predicted octanol–water partition coefficient (Wildman–Crippen LogP) is 4.69. The van der Waals surface area contributed by atoms with Crippen molar-refractivity contribution >= 4 is 32.9 Å². The summed E-state index contributed by atoms with van der Waals surface area (Å²) in [5, 5.41) is 4.67. The zero-order valence-electron chi connectivity index (χ0n) is 14.7. The van der Waals surface area contributed by atoms with E-state index in [1.165, 1.54) is 0 Å². The molecule has 3 rings (SSSR count). The Labute approximate surface area is 155 Å². The maximum absolute atomic E-state index is 13.1. The first-order valence-corrected chi connectivity index (χ1v) is 8.93. The lowest BCUT2D eigenvalue weighted by atomic mass is 10.0. The van der Waals surface area contributed by atoms with E-state index in [0.29, 0.717) is 28.9 Å². The largest absolute Gasteiger partial charge is 0.337 e. The lowest BCUT2D eigenvalue weighted by molar-refractivity contribution is 0.0786. The normalized spacial score (nSPS) is 11.3. The average Bonchev–Trinajstić information content (AvgIpc) is 2.96. The molecule has 25 heavy (non-hydrogen) atoms. The molecule has 130 valence electrons. The van der Waals surface area contributed by atoms with Crippen LogP contribution >= 0.6 is 15.9 Å². The van der Waals surface area contributed by atoms with Crippen LogP contribution in [0.5, 0.6) is 0 Å². The van der Waals surface area contributed by atoms with Gasteiger partial charge in [-0.15, -0.1) is 0 Å². The van der Waals surface area contributed by atoms with Crippen molar-refractivity contribution in [2.24, 2.45) is 0 Å².